The third-order valence-corrected chi connectivity index (χ3v) is 3.24. The van der Waals surface area contributed by atoms with E-state index in [-0.39, 0.29) is 11.5 Å². The molecule has 0 fully saturated rings. The molecular weight excluding hydrogens is 307 g/mol. The van der Waals surface area contributed by atoms with Gasteiger partial charge in [-0.3, -0.25) is 9.59 Å². The Morgan fingerprint density at radius 3 is 2.86 bits per heavy atom. The summed E-state index contributed by atoms with van der Waals surface area (Å²) in [6.45, 7) is 1.91. The Bertz CT molecular complexity index is 743. The first-order valence-electron chi connectivity index (χ1n) is 6.41. The molecule has 114 valence electrons. The molecule has 0 bridgehead atoms. The second-order valence-electron chi connectivity index (χ2n) is 4.12. The first kappa shape index (κ1) is 15.9. The van der Waals surface area contributed by atoms with Crippen molar-refractivity contribution in [2.75, 3.05) is 5.75 Å². The van der Waals surface area contributed by atoms with Crippen LogP contribution >= 0.6 is 11.8 Å². The predicted octanol–water partition coefficient (Wildman–Crippen LogP) is 1.78. The molecule has 0 atom stereocenters. The zero-order chi connectivity index (χ0) is 15.9. The van der Waals surface area contributed by atoms with Gasteiger partial charge in [0.05, 0.1) is 6.21 Å². The second-order valence-corrected chi connectivity index (χ2v) is 5.37. The molecule has 8 heteroatoms. The van der Waals surface area contributed by atoms with E-state index < -0.39 is 11.5 Å². The lowest BCUT2D eigenvalue weighted by Crippen LogP contribution is -2.22. The summed E-state index contributed by atoms with van der Waals surface area (Å²) in [6.07, 6.45) is 1.37. The number of nitrogens with one attached hydrogen (secondary N) is 2. The highest BCUT2D eigenvalue weighted by Gasteiger charge is 2.09. The maximum atomic E-state index is 12.7. The molecule has 2 aromatic rings. The van der Waals surface area contributed by atoms with Crippen molar-refractivity contribution in [3.63, 3.8) is 0 Å². The molecular formula is C14H13FN4O2S. The minimum atomic E-state index is -0.595. The quantitative estimate of drug-likeness (QED) is 0.380. The van der Waals surface area contributed by atoms with Gasteiger partial charge in [-0.15, -0.1) is 0 Å². The third kappa shape index (κ3) is 4.52. The number of hydrazone groups is 1. The summed E-state index contributed by atoms with van der Waals surface area (Å²) in [6, 6.07) is 6.72. The van der Waals surface area contributed by atoms with Gasteiger partial charge >= 0.3 is 0 Å². The van der Waals surface area contributed by atoms with Gasteiger partial charge in [0.1, 0.15) is 11.5 Å². The van der Waals surface area contributed by atoms with Gasteiger partial charge in [0.2, 0.25) is 0 Å². The molecule has 0 saturated heterocycles. The number of rotatable bonds is 5. The van der Waals surface area contributed by atoms with Crippen molar-refractivity contribution in [1.29, 1.82) is 0 Å². The Balaban J connectivity index is 2.05. The molecule has 22 heavy (non-hydrogen) atoms. The number of aromatic nitrogens is 2. The van der Waals surface area contributed by atoms with E-state index in [0.29, 0.717) is 10.7 Å². The maximum Gasteiger partial charge on any atom is 0.290 e. The van der Waals surface area contributed by atoms with E-state index in [9.17, 15) is 14.0 Å². The molecule has 1 heterocycles. The van der Waals surface area contributed by atoms with Gasteiger partial charge in [-0.25, -0.2) is 14.8 Å². The van der Waals surface area contributed by atoms with Crippen LogP contribution in [0.5, 0.6) is 0 Å². The summed E-state index contributed by atoms with van der Waals surface area (Å²) in [4.78, 5) is 29.9. The topological polar surface area (TPSA) is 87.2 Å². The fourth-order valence-corrected chi connectivity index (χ4v) is 2.14. The summed E-state index contributed by atoms with van der Waals surface area (Å²) in [7, 11) is 0. The molecule has 0 radical (unpaired) electrons. The number of carbonyl (C=O) groups is 1. The molecule has 1 aromatic heterocycles. The zero-order valence-electron chi connectivity index (χ0n) is 11.7. The number of carbonyl (C=O) groups excluding carboxylic acids is 1. The van der Waals surface area contributed by atoms with E-state index in [1.807, 2.05) is 6.92 Å². The molecule has 6 nitrogen and oxygen atoms in total. The van der Waals surface area contributed by atoms with Crippen molar-refractivity contribution in [1.82, 2.24) is 15.4 Å². The second kappa shape index (κ2) is 7.51. The van der Waals surface area contributed by atoms with Crippen LogP contribution in [0.25, 0.3) is 0 Å². The van der Waals surface area contributed by atoms with Crippen molar-refractivity contribution in [3.05, 3.63) is 57.8 Å². The Morgan fingerprint density at radius 2 is 2.18 bits per heavy atom. The predicted molar refractivity (Wildman–Crippen MR) is 82.7 cm³/mol. The Hall–Kier alpha value is -2.48. The number of benzene rings is 1. The monoisotopic (exact) mass is 320 g/mol. The summed E-state index contributed by atoms with van der Waals surface area (Å²) < 4.78 is 12.7. The molecule has 0 aliphatic rings. The Labute approximate surface area is 129 Å². The summed E-state index contributed by atoms with van der Waals surface area (Å²) in [5.41, 5.74) is 2.48. The fraction of sp³-hybridized carbons (Fsp3) is 0.143. The average Bonchev–Trinajstić information content (AvgIpc) is 2.49. The summed E-state index contributed by atoms with van der Waals surface area (Å²) in [5.74, 6) is -0.228. The highest BCUT2D eigenvalue weighted by molar-refractivity contribution is 7.99. The largest absolute Gasteiger partial charge is 0.301 e. The lowest BCUT2D eigenvalue weighted by atomic mass is 10.2. The Kier molecular flexibility index (Phi) is 5.42. The fourth-order valence-electron chi connectivity index (χ4n) is 1.53. The normalized spacial score (nSPS) is 10.8. The number of nitrogens with zero attached hydrogens (tertiary/aromatic N) is 2. The number of amides is 1. The molecule has 0 aliphatic carbocycles. The molecule has 0 aliphatic heterocycles. The summed E-state index contributed by atoms with van der Waals surface area (Å²) >= 11 is 1.32. The molecule has 1 amide bonds. The van der Waals surface area contributed by atoms with Crippen LogP contribution in [0.15, 0.2) is 45.4 Å². The molecule has 0 unspecified atom stereocenters. The smallest absolute Gasteiger partial charge is 0.290 e. The molecule has 0 spiro atoms. The SMILES string of the molecule is CCSc1nc(C(=O)N/N=C\c2ccc(F)cc2)cc(=O)[nH]1. The van der Waals surface area contributed by atoms with E-state index in [1.165, 1.54) is 42.2 Å². The lowest BCUT2D eigenvalue weighted by molar-refractivity contribution is 0.0949. The molecule has 2 rings (SSSR count). The highest BCUT2D eigenvalue weighted by Crippen LogP contribution is 2.09. The van der Waals surface area contributed by atoms with Gasteiger partial charge < -0.3 is 4.98 Å². The first-order valence-corrected chi connectivity index (χ1v) is 7.40. The van der Waals surface area contributed by atoms with Crippen LogP contribution in [0.3, 0.4) is 0 Å². The number of aromatic amines is 1. The van der Waals surface area contributed by atoms with Crippen molar-refractivity contribution in [2.45, 2.75) is 12.1 Å². The van der Waals surface area contributed by atoms with Crippen molar-refractivity contribution in [2.24, 2.45) is 5.10 Å². The van der Waals surface area contributed by atoms with Gasteiger partial charge in [0, 0.05) is 6.07 Å². The van der Waals surface area contributed by atoms with Crippen LogP contribution in [-0.4, -0.2) is 27.8 Å². The number of halogens is 1. The van der Waals surface area contributed by atoms with Crippen molar-refractivity contribution < 1.29 is 9.18 Å². The van der Waals surface area contributed by atoms with Crippen LogP contribution in [-0.2, 0) is 0 Å². The van der Waals surface area contributed by atoms with E-state index in [0.717, 1.165) is 11.8 Å². The van der Waals surface area contributed by atoms with Crippen LogP contribution in [0.2, 0.25) is 0 Å². The molecule has 0 saturated carbocycles. The van der Waals surface area contributed by atoms with Gasteiger partial charge in [0.15, 0.2) is 5.16 Å². The Morgan fingerprint density at radius 1 is 1.45 bits per heavy atom. The summed E-state index contributed by atoms with van der Waals surface area (Å²) in [5, 5.41) is 4.12. The number of hydrogen-bond donors (Lipinski definition) is 2. The molecule has 1 aromatic carbocycles. The highest BCUT2D eigenvalue weighted by atomic mass is 32.2. The van der Waals surface area contributed by atoms with Crippen molar-refractivity contribution >= 4 is 23.9 Å². The van der Waals surface area contributed by atoms with Crippen molar-refractivity contribution in [3.8, 4) is 0 Å². The van der Waals surface area contributed by atoms with Gasteiger partial charge in [0.25, 0.3) is 11.5 Å². The lowest BCUT2D eigenvalue weighted by Gasteiger charge is -2.01. The zero-order valence-corrected chi connectivity index (χ0v) is 12.5. The van der Waals surface area contributed by atoms with Gasteiger partial charge in [-0.05, 0) is 23.4 Å². The average molecular weight is 320 g/mol. The third-order valence-electron chi connectivity index (χ3n) is 2.48. The van der Waals surface area contributed by atoms with E-state index in [2.05, 4.69) is 20.5 Å². The van der Waals surface area contributed by atoms with Crippen LogP contribution in [0.4, 0.5) is 4.39 Å². The van der Waals surface area contributed by atoms with E-state index in [4.69, 9.17) is 0 Å². The minimum Gasteiger partial charge on any atom is -0.301 e. The van der Waals surface area contributed by atoms with Gasteiger partial charge in [-0.2, -0.15) is 5.10 Å². The van der Waals surface area contributed by atoms with Gasteiger partial charge in [-0.1, -0.05) is 30.8 Å². The minimum absolute atomic E-state index is 0.0176. The number of hydrogen-bond acceptors (Lipinski definition) is 5. The van der Waals surface area contributed by atoms with Crippen LogP contribution in [0, 0.1) is 5.82 Å². The molecule has 2 N–H and O–H groups in total. The van der Waals surface area contributed by atoms with Crippen LogP contribution in [0.1, 0.15) is 23.0 Å². The van der Waals surface area contributed by atoms with E-state index >= 15 is 0 Å². The van der Waals surface area contributed by atoms with E-state index in [1.54, 1.807) is 0 Å². The maximum absolute atomic E-state index is 12.7. The van der Waals surface area contributed by atoms with Crippen LogP contribution < -0.4 is 11.0 Å². The number of thioether (sulfide) groups is 1. The first-order chi connectivity index (χ1) is 10.6. The number of H-pyrrole nitrogens is 1. The standard InChI is InChI=1S/C14H13FN4O2S/c1-2-22-14-17-11(7-12(20)18-14)13(21)19-16-8-9-3-5-10(15)6-4-9/h3-8H,2H2,1H3,(H,19,21)(H,17,18,20)/b16-8-.